The van der Waals surface area contributed by atoms with Crippen molar-refractivity contribution in [2.45, 2.75) is 20.3 Å². The third-order valence-electron chi connectivity index (χ3n) is 4.69. The maximum absolute atomic E-state index is 12.0. The minimum absolute atomic E-state index is 0.0481. The Hall–Kier alpha value is -2.81. The molecule has 0 unspecified atom stereocenters. The van der Waals surface area contributed by atoms with Gasteiger partial charge in [-0.2, -0.15) is 0 Å². The second-order valence-electron chi connectivity index (χ2n) is 6.92. The molecule has 3 rings (SSSR count). The zero-order valence-electron chi connectivity index (χ0n) is 15.8. The number of aromatic nitrogens is 1. The fourth-order valence-corrected chi connectivity index (χ4v) is 3.09. The molecule has 0 amide bonds. The van der Waals surface area contributed by atoms with Crippen molar-refractivity contribution in [1.29, 1.82) is 0 Å². The van der Waals surface area contributed by atoms with Crippen LogP contribution in [0.15, 0.2) is 48.7 Å². The summed E-state index contributed by atoms with van der Waals surface area (Å²) in [7, 11) is 3.72. The Labute approximate surface area is 154 Å². The fraction of sp³-hybridized carbons (Fsp3) is 0.261. The van der Waals surface area contributed by atoms with Crippen molar-refractivity contribution < 1.29 is 9.53 Å². The molecule has 0 atom stereocenters. The molecular formula is C23H25NO2. The molecule has 0 radical (unpaired) electrons. The van der Waals surface area contributed by atoms with E-state index in [0.29, 0.717) is 6.42 Å². The molecule has 0 fully saturated rings. The smallest absolute Gasteiger partial charge is 0.139 e. The van der Waals surface area contributed by atoms with Crippen LogP contribution in [-0.2, 0) is 18.3 Å². The lowest BCUT2D eigenvalue weighted by atomic mass is 9.99. The van der Waals surface area contributed by atoms with Crippen LogP contribution in [0.5, 0.6) is 5.75 Å². The highest BCUT2D eigenvalue weighted by molar-refractivity contribution is 5.92. The Morgan fingerprint density at radius 2 is 1.85 bits per heavy atom. The first-order valence-corrected chi connectivity index (χ1v) is 8.91. The van der Waals surface area contributed by atoms with Gasteiger partial charge in [-0.25, -0.2) is 0 Å². The zero-order chi connectivity index (χ0) is 18.7. The quantitative estimate of drug-likeness (QED) is 0.619. The van der Waals surface area contributed by atoms with Gasteiger partial charge in [-0.05, 0) is 23.3 Å². The van der Waals surface area contributed by atoms with Crippen molar-refractivity contribution in [1.82, 2.24) is 4.57 Å². The second-order valence-corrected chi connectivity index (χ2v) is 6.92. The third kappa shape index (κ3) is 3.72. The number of hydrogen-bond acceptors (Lipinski definition) is 2. The van der Waals surface area contributed by atoms with Gasteiger partial charge < -0.3 is 9.30 Å². The van der Waals surface area contributed by atoms with Crippen molar-refractivity contribution in [2.24, 2.45) is 13.0 Å². The largest absolute Gasteiger partial charge is 0.496 e. The highest BCUT2D eigenvalue weighted by Gasteiger charge is 2.10. The number of ketones is 1. The van der Waals surface area contributed by atoms with E-state index >= 15 is 0 Å². The first kappa shape index (κ1) is 18.0. The van der Waals surface area contributed by atoms with Crippen LogP contribution in [0.3, 0.4) is 0 Å². The maximum atomic E-state index is 12.0. The number of fused-ring (bicyclic) bond motifs is 1. The summed E-state index contributed by atoms with van der Waals surface area (Å²) in [6.45, 7) is 3.86. The number of benzene rings is 2. The SMILES string of the molecule is COc1cc(CC(=O)C(C)C)ccc1/C=C/c1cn(C)c2ccccc12. The minimum atomic E-state index is 0.0481. The molecule has 0 aliphatic heterocycles. The average Bonchev–Trinajstić information content (AvgIpc) is 2.96. The monoisotopic (exact) mass is 347 g/mol. The van der Waals surface area contributed by atoms with Crippen molar-refractivity contribution in [2.75, 3.05) is 7.11 Å². The molecular weight excluding hydrogens is 322 g/mol. The van der Waals surface area contributed by atoms with Crippen LogP contribution in [0.25, 0.3) is 23.1 Å². The van der Waals surface area contributed by atoms with E-state index in [4.69, 9.17) is 4.74 Å². The first-order chi connectivity index (χ1) is 12.5. The molecule has 0 aliphatic carbocycles. The van der Waals surface area contributed by atoms with Gasteiger partial charge in [0.05, 0.1) is 7.11 Å². The molecule has 3 aromatic rings. The van der Waals surface area contributed by atoms with E-state index in [2.05, 4.69) is 54.2 Å². The van der Waals surface area contributed by atoms with Gasteiger partial charge in [0.2, 0.25) is 0 Å². The van der Waals surface area contributed by atoms with Gasteiger partial charge in [0.1, 0.15) is 11.5 Å². The van der Waals surface area contributed by atoms with Crippen LogP contribution < -0.4 is 4.74 Å². The highest BCUT2D eigenvalue weighted by Crippen LogP contribution is 2.26. The molecule has 3 nitrogen and oxygen atoms in total. The fourth-order valence-electron chi connectivity index (χ4n) is 3.09. The molecule has 134 valence electrons. The van der Waals surface area contributed by atoms with Crippen LogP contribution in [0.4, 0.5) is 0 Å². The second kappa shape index (κ2) is 7.61. The number of ether oxygens (including phenoxy) is 1. The lowest BCUT2D eigenvalue weighted by Crippen LogP contribution is -2.10. The van der Waals surface area contributed by atoms with Crippen LogP contribution in [0.1, 0.15) is 30.5 Å². The summed E-state index contributed by atoms with van der Waals surface area (Å²) in [5, 5.41) is 1.23. The third-order valence-corrected chi connectivity index (χ3v) is 4.69. The number of rotatable bonds is 6. The van der Waals surface area contributed by atoms with E-state index in [0.717, 1.165) is 16.9 Å². The van der Waals surface area contributed by atoms with E-state index in [1.807, 2.05) is 32.0 Å². The Morgan fingerprint density at radius 3 is 2.58 bits per heavy atom. The number of para-hydroxylation sites is 1. The minimum Gasteiger partial charge on any atom is -0.496 e. The number of nitrogens with zero attached hydrogens (tertiary/aromatic N) is 1. The predicted octanol–water partition coefficient (Wildman–Crippen LogP) is 5.12. The predicted molar refractivity (Wildman–Crippen MR) is 108 cm³/mol. The molecule has 26 heavy (non-hydrogen) atoms. The summed E-state index contributed by atoms with van der Waals surface area (Å²) in [5.41, 5.74) is 4.37. The molecule has 2 aromatic carbocycles. The molecule has 0 bridgehead atoms. The Bertz CT molecular complexity index is 963. The van der Waals surface area contributed by atoms with Crippen LogP contribution in [0.2, 0.25) is 0 Å². The molecule has 0 N–H and O–H groups in total. The van der Waals surface area contributed by atoms with E-state index < -0.39 is 0 Å². The Kier molecular flexibility index (Phi) is 5.27. The van der Waals surface area contributed by atoms with E-state index in [1.54, 1.807) is 7.11 Å². The Morgan fingerprint density at radius 1 is 1.12 bits per heavy atom. The zero-order valence-corrected chi connectivity index (χ0v) is 15.8. The highest BCUT2D eigenvalue weighted by atomic mass is 16.5. The normalized spacial score (nSPS) is 11.6. The van der Waals surface area contributed by atoms with Crippen molar-refractivity contribution in [3.8, 4) is 5.75 Å². The summed E-state index contributed by atoms with van der Waals surface area (Å²) < 4.78 is 7.67. The Balaban J connectivity index is 1.89. The van der Waals surface area contributed by atoms with E-state index in [-0.39, 0.29) is 11.7 Å². The molecule has 3 heteroatoms. The van der Waals surface area contributed by atoms with Gasteiger partial charge in [-0.15, -0.1) is 0 Å². The summed E-state index contributed by atoms with van der Waals surface area (Å²) in [6.07, 6.45) is 6.75. The summed E-state index contributed by atoms with van der Waals surface area (Å²) in [4.78, 5) is 12.0. The number of aryl methyl sites for hydroxylation is 1. The number of methoxy groups -OCH3 is 1. The van der Waals surface area contributed by atoms with Gasteiger partial charge in [0.25, 0.3) is 0 Å². The van der Waals surface area contributed by atoms with Gasteiger partial charge >= 0.3 is 0 Å². The van der Waals surface area contributed by atoms with Crippen molar-refractivity contribution in [3.05, 3.63) is 65.4 Å². The summed E-state index contributed by atoms with van der Waals surface area (Å²) >= 11 is 0. The molecule has 0 aliphatic rings. The number of carbonyl (C=O) groups excluding carboxylic acids is 1. The first-order valence-electron chi connectivity index (χ1n) is 8.91. The van der Waals surface area contributed by atoms with Crippen LogP contribution in [-0.4, -0.2) is 17.5 Å². The number of Topliss-reactive ketones (excluding diaryl/α,β-unsaturated/α-hetero) is 1. The number of hydrogen-bond donors (Lipinski definition) is 0. The average molecular weight is 347 g/mol. The molecule has 0 saturated heterocycles. The molecule has 1 heterocycles. The van der Waals surface area contributed by atoms with Gasteiger partial charge in [-0.1, -0.05) is 56.3 Å². The van der Waals surface area contributed by atoms with Crippen molar-refractivity contribution in [3.63, 3.8) is 0 Å². The van der Waals surface area contributed by atoms with Crippen LogP contribution >= 0.6 is 0 Å². The molecule has 0 spiro atoms. The lowest BCUT2D eigenvalue weighted by molar-refractivity contribution is -0.121. The van der Waals surface area contributed by atoms with Crippen LogP contribution in [0, 0.1) is 5.92 Å². The maximum Gasteiger partial charge on any atom is 0.139 e. The molecule has 0 saturated carbocycles. The lowest BCUT2D eigenvalue weighted by Gasteiger charge is -2.09. The molecule has 1 aromatic heterocycles. The van der Waals surface area contributed by atoms with E-state index in [1.165, 1.54) is 16.5 Å². The van der Waals surface area contributed by atoms with Gasteiger partial charge in [0.15, 0.2) is 0 Å². The topological polar surface area (TPSA) is 31.2 Å². The summed E-state index contributed by atoms with van der Waals surface area (Å²) in [5.74, 6) is 1.08. The van der Waals surface area contributed by atoms with Gasteiger partial charge in [0, 0.05) is 42.0 Å². The summed E-state index contributed by atoms with van der Waals surface area (Å²) in [6, 6.07) is 14.3. The van der Waals surface area contributed by atoms with Gasteiger partial charge in [-0.3, -0.25) is 4.79 Å². The van der Waals surface area contributed by atoms with Crippen molar-refractivity contribution >= 4 is 28.8 Å². The van der Waals surface area contributed by atoms with E-state index in [9.17, 15) is 4.79 Å². The number of carbonyl (C=O) groups is 1. The standard InChI is InChI=1S/C23H25NO2/c1-16(2)22(25)13-17-9-10-18(23(14-17)26-4)11-12-19-15-24(3)21-8-6-5-7-20(19)21/h5-12,14-16H,13H2,1-4H3/b12-11+.